The van der Waals surface area contributed by atoms with Gasteiger partial charge in [0.2, 0.25) is 11.8 Å². The van der Waals surface area contributed by atoms with Crippen molar-refractivity contribution in [1.29, 1.82) is 0 Å². The minimum atomic E-state index is -0.198. The summed E-state index contributed by atoms with van der Waals surface area (Å²) in [6.07, 6.45) is 8.91. The Morgan fingerprint density at radius 2 is 1.70 bits per heavy atom. The lowest BCUT2D eigenvalue weighted by Crippen LogP contribution is -2.45. The maximum atomic E-state index is 12.4. The summed E-state index contributed by atoms with van der Waals surface area (Å²) in [5.41, 5.74) is 0.503. The fourth-order valence-corrected chi connectivity index (χ4v) is 3.90. The van der Waals surface area contributed by atoms with Crippen molar-refractivity contribution in [2.45, 2.75) is 38.5 Å². The number of nitrogens with zero attached hydrogens (tertiary/aromatic N) is 2. The normalized spacial score (nSPS) is 18.3. The predicted molar refractivity (Wildman–Crippen MR) is 101 cm³/mol. The summed E-state index contributed by atoms with van der Waals surface area (Å²) in [6.45, 7) is 2.11. The first-order valence-corrected chi connectivity index (χ1v) is 9.90. The number of hydrogen-bond acceptors (Lipinski definition) is 4. The molecule has 0 bridgehead atoms. The molecule has 1 aromatic heterocycles. The number of pyridine rings is 1. The number of rotatable bonds is 6. The van der Waals surface area contributed by atoms with Crippen molar-refractivity contribution in [3.63, 3.8) is 0 Å². The molecule has 7 nitrogen and oxygen atoms in total. The van der Waals surface area contributed by atoms with Crippen molar-refractivity contribution in [1.82, 2.24) is 20.5 Å². The minimum absolute atomic E-state index is 0.0126. The van der Waals surface area contributed by atoms with Gasteiger partial charge in [-0.3, -0.25) is 19.4 Å². The molecule has 2 fully saturated rings. The van der Waals surface area contributed by atoms with E-state index >= 15 is 0 Å². The minimum Gasteiger partial charge on any atom is -0.354 e. The van der Waals surface area contributed by atoms with Crippen LogP contribution in [0.4, 0.5) is 0 Å². The van der Waals surface area contributed by atoms with Crippen molar-refractivity contribution in [2.24, 2.45) is 11.8 Å². The van der Waals surface area contributed by atoms with Crippen molar-refractivity contribution in [3.05, 3.63) is 30.1 Å². The van der Waals surface area contributed by atoms with Gasteiger partial charge in [0.15, 0.2) is 0 Å². The van der Waals surface area contributed by atoms with Gasteiger partial charge in [0.1, 0.15) is 0 Å². The average Bonchev–Trinajstić information content (AvgIpc) is 3.26. The van der Waals surface area contributed by atoms with Crippen molar-refractivity contribution >= 4 is 17.7 Å². The number of amides is 3. The first-order valence-electron chi connectivity index (χ1n) is 9.90. The molecule has 1 saturated heterocycles. The van der Waals surface area contributed by atoms with Crippen LogP contribution in [0.1, 0.15) is 48.9 Å². The average molecular weight is 372 g/mol. The first kappa shape index (κ1) is 19.3. The molecule has 0 spiro atoms. The largest absolute Gasteiger partial charge is 0.354 e. The standard InChI is InChI=1S/C20H28N4O3/c25-18(22-10-11-23-19(26)17-6-3-9-21-14-17)15-7-12-24(13-8-15)20(27)16-4-1-2-5-16/h3,6,9,14-16H,1-2,4-5,7-8,10-13H2,(H,22,25)(H,23,26). The number of carbonyl (C=O) groups is 3. The summed E-state index contributed by atoms with van der Waals surface area (Å²) in [5, 5.41) is 5.65. The van der Waals surface area contributed by atoms with E-state index in [1.807, 2.05) is 4.90 Å². The van der Waals surface area contributed by atoms with Gasteiger partial charge >= 0.3 is 0 Å². The molecule has 7 heteroatoms. The van der Waals surface area contributed by atoms with Crippen LogP contribution in [0.3, 0.4) is 0 Å². The van der Waals surface area contributed by atoms with E-state index in [2.05, 4.69) is 15.6 Å². The zero-order valence-corrected chi connectivity index (χ0v) is 15.7. The zero-order chi connectivity index (χ0) is 19.1. The number of hydrogen-bond donors (Lipinski definition) is 2. The molecule has 1 aliphatic carbocycles. The summed E-state index contributed by atoms with van der Waals surface area (Å²) >= 11 is 0. The Bertz CT molecular complexity index is 650. The Balaban J connectivity index is 1.32. The van der Waals surface area contributed by atoms with Crippen LogP contribution < -0.4 is 10.6 Å². The fraction of sp³-hybridized carbons (Fsp3) is 0.600. The molecule has 2 N–H and O–H groups in total. The fourth-order valence-electron chi connectivity index (χ4n) is 3.90. The molecule has 1 aliphatic heterocycles. The van der Waals surface area contributed by atoms with Gasteiger partial charge in [-0.25, -0.2) is 0 Å². The van der Waals surface area contributed by atoms with Crippen LogP contribution in [0, 0.1) is 11.8 Å². The maximum absolute atomic E-state index is 12.4. The van der Waals surface area contributed by atoms with Gasteiger partial charge in [-0.2, -0.15) is 0 Å². The number of nitrogens with one attached hydrogen (secondary N) is 2. The molecule has 3 rings (SSSR count). The van der Waals surface area contributed by atoms with Crippen molar-refractivity contribution in [2.75, 3.05) is 26.2 Å². The number of likely N-dealkylation sites (tertiary alicyclic amines) is 1. The van der Waals surface area contributed by atoms with Crippen LogP contribution >= 0.6 is 0 Å². The number of aromatic nitrogens is 1. The summed E-state index contributed by atoms with van der Waals surface area (Å²) in [6, 6.07) is 3.40. The number of carbonyl (C=O) groups excluding carboxylic acids is 3. The highest BCUT2D eigenvalue weighted by Crippen LogP contribution is 2.28. The topological polar surface area (TPSA) is 91.4 Å². The Hall–Kier alpha value is -2.44. The smallest absolute Gasteiger partial charge is 0.252 e. The van der Waals surface area contributed by atoms with Crippen LogP contribution in [0.15, 0.2) is 24.5 Å². The van der Waals surface area contributed by atoms with E-state index in [9.17, 15) is 14.4 Å². The van der Waals surface area contributed by atoms with Crippen LogP contribution in [0.25, 0.3) is 0 Å². The lowest BCUT2D eigenvalue weighted by molar-refractivity contribution is -0.139. The molecule has 2 heterocycles. The second-order valence-electron chi connectivity index (χ2n) is 7.37. The maximum Gasteiger partial charge on any atom is 0.252 e. The summed E-state index contributed by atoms with van der Waals surface area (Å²) in [5.74, 6) is 0.254. The lowest BCUT2D eigenvalue weighted by Gasteiger charge is -2.33. The molecule has 1 saturated carbocycles. The Morgan fingerprint density at radius 3 is 2.37 bits per heavy atom. The van der Waals surface area contributed by atoms with Gasteiger partial charge in [-0.05, 0) is 37.8 Å². The van der Waals surface area contributed by atoms with E-state index in [1.54, 1.807) is 18.3 Å². The zero-order valence-electron chi connectivity index (χ0n) is 15.7. The third-order valence-corrected chi connectivity index (χ3v) is 5.52. The molecule has 0 unspecified atom stereocenters. The Labute approximate surface area is 159 Å². The highest BCUT2D eigenvalue weighted by Gasteiger charge is 2.31. The van der Waals surface area contributed by atoms with Crippen LogP contribution in [-0.4, -0.2) is 53.8 Å². The van der Waals surface area contributed by atoms with Gasteiger partial charge in [0.05, 0.1) is 5.56 Å². The summed E-state index contributed by atoms with van der Waals surface area (Å²) in [4.78, 5) is 42.5. The van der Waals surface area contributed by atoms with Gasteiger partial charge in [-0.1, -0.05) is 12.8 Å². The van der Waals surface area contributed by atoms with E-state index in [-0.39, 0.29) is 29.6 Å². The molecule has 2 aliphatic rings. The monoisotopic (exact) mass is 372 g/mol. The van der Waals surface area contributed by atoms with E-state index in [0.29, 0.717) is 44.6 Å². The summed E-state index contributed by atoms with van der Waals surface area (Å²) < 4.78 is 0. The van der Waals surface area contributed by atoms with E-state index in [4.69, 9.17) is 0 Å². The molecule has 0 aromatic carbocycles. The van der Waals surface area contributed by atoms with Gasteiger partial charge < -0.3 is 15.5 Å². The van der Waals surface area contributed by atoms with E-state index in [0.717, 1.165) is 25.7 Å². The van der Waals surface area contributed by atoms with Crippen LogP contribution in [-0.2, 0) is 9.59 Å². The second-order valence-corrected chi connectivity index (χ2v) is 7.37. The van der Waals surface area contributed by atoms with E-state index < -0.39 is 0 Å². The molecule has 3 amide bonds. The molecule has 146 valence electrons. The lowest BCUT2D eigenvalue weighted by atomic mass is 9.94. The number of piperidine rings is 1. The third kappa shape index (κ3) is 5.28. The molecular formula is C20H28N4O3. The second kappa shape index (κ2) is 9.48. The van der Waals surface area contributed by atoms with Gasteiger partial charge in [0, 0.05) is 50.4 Å². The quantitative estimate of drug-likeness (QED) is 0.738. The van der Waals surface area contributed by atoms with Gasteiger partial charge in [0.25, 0.3) is 5.91 Å². The Kier molecular flexibility index (Phi) is 6.79. The summed E-state index contributed by atoms with van der Waals surface area (Å²) in [7, 11) is 0. The third-order valence-electron chi connectivity index (χ3n) is 5.52. The molecule has 0 radical (unpaired) electrons. The predicted octanol–water partition coefficient (Wildman–Crippen LogP) is 1.36. The van der Waals surface area contributed by atoms with Gasteiger partial charge in [-0.15, -0.1) is 0 Å². The molecule has 0 atom stereocenters. The molecule has 27 heavy (non-hydrogen) atoms. The highest BCUT2D eigenvalue weighted by molar-refractivity contribution is 5.93. The van der Waals surface area contributed by atoms with Crippen LogP contribution in [0.2, 0.25) is 0 Å². The Morgan fingerprint density at radius 1 is 1.00 bits per heavy atom. The van der Waals surface area contributed by atoms with Crippen molar-refractivity contribution < 1.29 is 14.4 Å². The highest BCUT2D eigenvalue weighted by atomic mass is 16.2. The van der Waals surface area contributed by atoms with E-state index in [1.165, 1.54) is 6.20 Å². The first-order chi connectivity index (χ1) is 13.1. The molecule has 1 aromatic rings. The van der Waals surface area contributed by atoms with Crippen LogP contribution in [0.5, 0.6) is 0 Å². The van der Waals surface area contributed by atoms with Crippen molar-refractivity contribution in [3.8, 4) is 0 Å². The molecular weight excluding hydrogens is 344 g/mol. The SMILES string of the molecule is O=C(NCCNC(=O)C1CCN(C(=O)C2CCCC2)CC1)c1cccnc1.